The van der Waals surface area contributed by atoms with E-state index in [2.05, 4.69) is 0 Å². The van der Waals surface area contributed by atoms with Gasteiger partial charge in [0.1, 0.15) is 6.61 Å². The summed E-state index contributed by atoms with van der Waals surface area (Å²) in [6.07, 6.45) is 0.140. The molecule has 18 heavy (non-hydrogen) atoms. The number of hydrogen-bond donors (Lipinski definition) is 1. The van der Waals surface area contributed by atoms with Gasteiger partial charge < -0.3 is 14.7 Å². The second-order valence-corrected chi connectivity index (χ2v) is 4.89. The van der Waals surface area contributed by atoms with Gasteiger partial charge in [0, 0.05) is 19.2 Å². The molecule has 100 valence electrons. The molecule has 0 heterocycles. The molecule has 4 heteroatoms. The summed E-state index contributed by atoms with van der Waals surface area (Å²) in [6.45, 7) is 4.10. The van der Waals surface area contributed by atoms with Crippen LogP contribution in [0.4, 0.5) is 4.79 Å². The molecule has 0 saturated carbocycles. The maximum absolute atomic E-state index is 11.9. The van der Waals surface area contributed by atoms with Gasteiger partial charge in [0.15, 0.2) is 0 Å². The predicted octanol–water partition coefficient (Wildman–Crippen LogP) is 2.42. The van der Waals surface area contributed by atoms with Crippen LogP contribution >= 0.6 is 0 Å². The van der Waals surface area contributed by atoms with E-state index in [-0.39, 0.29) is 19.3 Å². The standard InChI is InChI=1S/C14H21NO3/c1-14(2,9-10-16)15(3)13(17)18-11-12-7-5-4-6-8-12/h4-8,16H,9-11H2,1-3H3. The SMILES string of the molecule is CN(C(=O)OCc1ccccc1)C(C)(C)CCO. The molecule has 1 aromatic carbocycles. The molecule has 0 fully saturated rings. The molecule has 0 unspecified atom stereocenters. The van der Waals surface area contributed by atoms with E-state index in [0.29, 0.717) is 6.42 Å². The zero-order valence-electron chi connectivity index (χ0n) is 11.2. The Morgan fingerprint density at radius 3 is 2.50 bits per heavy atom. The van der Waals surface area contributed by atoms with E-state index in [4.69, 9.17) is 9.84 Å². The second-order valence-electron chi connectivity index (χ2n) is 4.89. The Morgan fingerprint density at radius 1 is 1.33 bits per heavy atom. The van der Waals surface area contributed by atoms with Crippen LogP contribution in [0.2, 0.25) is 0 Å². The Kier molecular flexibility index (Phi) is 5.16. The molecule has 0 aliphatic carbocycles. The lowest BCUT2D eigenvalue weighted by Crippen LogP contribution is -2.45. The Hall–Kier alpha value is -1.55. The first-order valence-electron chi connectivity index (χ1n) is 6.03. The Morgan fingerprint density at radius 2 is 1.94 bits per heavy atom. The smallest absolute Gasteiger partial charge is 0.410 e. The second kappa shape index (κ2) is 6.40. The third-order valence-corrected chi connectivity index (χ3v) is 3.11. The minimum Gasteiger partial charge on any atom is -0.445 e. The monoisotopic (exact) mass is 251 g/mol. The number of aliphatic hydroxyl groups is 1. The highest BCUT2D eigenvalue weighted by atomic mass is 16.6. The van der Waals surface area contributed by atoms with Gasteiger partial charge in [-0.3, -0.25) is 0 Å². The van der Waals surface area contributed by atoms with Gasteiger partial charge in [0.25, 0.3) is 0 Å². The third-order valence-electron chi connectivity index (χ3n) is 3.11. The summed E-state index contributed by atoms with van der Waals surface area (Å²) in [5.41, 5.74) is 0.543. The number of aliphatic hydroxyl groups excluding tert-OH is 1. The normalized spacial score (nSPS) is 11.1. The van der Waals surface area contributed by atoms with Gasteiger partial charge in [-0.2, -0.15) is 0 Å². The van der Waals surface area contributed by atoms with Crippen LogP contribution < -0.4 is 0 Å². The zero-order valence-corrected chi connectivity index (χ0v) is 11.2. The third kappa shape index (κ3) is 4.04. The first-order valence-corrected chi connectivity index (χ1v) is 6.03. The molecule has 0 aromatic heterocycles. The van der Waals surface area contributed by atoms with Crippen LogP contribution in [0.1, 0.15) is 25.8 Å². The van der Waals surface area contributed by atoms with Gasteiger partial charge in [-0.15, -0.1) is 0 Å². The summed E-state index contributed by atoms with van der Waals surface area (Å²) < 4.78 is 5.23. The average molecular weight is 251 g/mol. The molecule has 1 N–H and O–H groups in total. The summed E-state index contributed by atoms with van der Waals surface area (Å²) in [7, 11) is 1.68. The van der Waals surface area contributed by atoms with Gasteiger partial charge in [0.2, 0.25) is 0 Å². The van der Waals surface area contributed by atoms with Gasteiger partial charge in [-0.05, 0) is 25.8 Å². The van der Waals surface area contributed by atoms with E-state index in [1.54, 1.807) is 7.05 Å². The minimum absolute atomic E-state index is 0.0449. The maximum Gasteiger partial charge on any atom is 0.410 e. The fourth-order valence-electron chi connectivity index (χ4n) is 1.50. The molecule has 1 amide bonds. The van der Waals surface area contributed by atoms with Crippen molar-refractivity contribution in [3.63, 3.8) is 0 Å². The van der Waals surface area contributed by atoms with Crippen molar-refractivity contribution in [3.8, 4) is 0 Å². The molecular weight excluding hydrogens is 230 g/mol. The van der Waals surface area contributed by atoms with Crippen molar-refractivity contribution in [1.29, 1.82) is 0 Å². The molecular formula is C14H21NO3. The van der Waals surface area contributed by atoms with E-state index in [9.17, 15) is 4.79 Å². The van der Waals surface area contributed by atoms with Crippen molar-refractivity contribution in [2.24, 2.45) is 0 Å². The molecule has 0 bridgehead atoms. The van der Waals surface area contributed by atoms with Crippen LogP contribution in [0.5, 0.6) is 0 Å². The Labute approximate surface area is 108 Å². The predicted molar refractivity (Wildman–Crippen MR) is 70.2 cm³/mol. The molecule has 0 atom stereocenters. The summed E-state index contributed by atoms with van der Waals surface area (Å²) in [5.74, 6) is 0. The summed E-state index contributed by atoms with van der Waals surface area (Å²) in [5, 5.41) is 8.96. The molecule has 0 saturated heterocycles. The number of hydrogen-bond acceptors (Lipinski definition) is 3. The van der Waals surface area contributed by atoms with Gasteiger partial charge in [-0.25, -0.2) is 4.79 Å². The summed E-state index contributed by atoms with van der Waals surface area (Å²) in [4.78, 5) is 13.4. The number of amides is 1. The average Bonchev–Trinajstić information content (AvgIpc) is 2.36. The zero-order chi connectivity index (χ0) is 13.6. The van der Waals surface area contributed by atoms with Gasteiger partial charge >= 0.3 is 6.09 Å². The molecule has 4 nitrogen and oxygen atoms in total. The van der Waals surface area contributed by atoms with Crippen LogP contribution in [0.15, 0.2) is 30.3 Å². The van der Waals surface area contributed by atoms with Crippen molar-refractivity contribution in [2.45, 2.75) is 32.4 Å². The van der Waals surface area contributed by atoms with Crippen LogP contribution in [-0.4, -0.2) is 35.3 Å². The van der Waals surface area contributed by atoms with Gasteiger partial charge in [0.05, 0.1) is 0 Å². The van der Waals surface area contributed by atoms with Crippen molar-refractivity contribution in [2.75, 3.05) is 13.7 Å². The largest absolute Gasteiger partial charge is 0.445 e. The topological polar surface area (TPSA) is 49.8 Å². The lowest BCUT2D eigenvalue weighted by molar-refractivity contribution is 0.0611. The van der Waals surface area contributed by atoms with E-state index in [0.717, 1.165) is 5.56 Å². The van der Waals surface area contributed by atoms with E-state index < -0.39 is 5.54 Å². The fraction of sp³-hybridized carbons (Fsp3) is 0.500. The van der Waals surface area contributed by atoms with Crippen LogP contribution in [-0.2, 0) is 11.3 Å². The van der Waals surface area contributed by atoms with Gasteiger partial charge in [-0.1, -0.05) is 30.3 Å². The van der Waals surface area contributed by atoms with Crippen molar-refractivity contribution in [3.05, 3.63) is 35.9 Å². The molecule has 0 aliphatic heterocycles. The van der Waals surface area contributed by atoms with Crippen LogP contribution in [0.3, 0.4) is 0 Å². The molecule has 0 radical (unpaired) electrons. The highest BCUT2D eigenvalue weighted by molar-refractivity contribution is 5.68. The van der Waals surface area contributed by atoms with Crippen LogP contribution in [0.25, 0.3) is 0 Å². The first kappa shape index (κ1) is 14.5. The summed E-state index contributed by atoms with van der Waals surface area (Å²) >= 11 is 0. The number of rotatable bonds is 5. The molecule has 0 aliphatic rings. The number of carbonyl (C=O) groups excluding carboxylic acids is 1. The number of nitrogens with zero attached hydrogens (tertiary/aromatic N) is 1. The number of benzene rings is 1. The van der Waals surface area contributed by atoms with Crippen LogP contribution in [0, 0.1) is 0 Å². The quantitative estimate of drug-likeness (QED) is 0.874. The molecule has 1 aromatic rings. The lowest BCUT2D eigenvalue weighted by Gasteiger charge is -2.34. The van der Waals surface area contributed by atoms with E-state index in [1.165, 1.54) is 4.90 Å². The Bertz CT molecular complexity index is 376. The molecule has 0 spiro atoms. The van der Waals surface area contributed by atoms with Crippen molar-refractivity contribution >= 4 is 6.09 Å². The molecule has 1 rings (SSSR count). The van der Waals surface area contributed by atoms with E-state index in [1.807, 2.05) is 44.2 Å². The van der Waals surface area contributed by atoms with Crippen molar-refractivity contribution < 1.29 is 14.6 Å². The Balaban J connectivity index is 2.50. The van der Waals surface area contributed by atoms with E-state index >= 15 is 0 Å². The highest BCUT2D eigenvalue weighted by Crippen LogP contribution is 2.17. The number of ether oxygens (including phenoxy) is 1. The highest BCUT2D eigenvalue weighted by Gasteiger charge is 2.28. The van der Waals surface area contributed by atoms with Crippen molar-refractivity contribution in [1.82, 2.24) is 4.90 Å². The fourth-order valence-corrected chi connectivity index (χ4v) is 1.50. The maximum atomic E-state index is 11.9. The first-order chi connectivity index (χ1) is 8.47. The number of carbonyl (C=O) groups is 1. The lowest BCUT2D eigenvalue weighted by atomic mass is 10.00. The summed E-state index contributed by atoms with van der Waals surface area (Å²) in [6, 6.07) is 9.55. The minimum atomic E-state index is -0.414.